The van der Waals surface area contributed by atoms with Gasteiger partial charge >= 0.3 is 0 Å². The first-order valence-electron chi connectivity index (χ1n) is 8.09. The lowest BCUT2D eigenvalue weighted by atomic mass is 10.2. The zero-order valence-corrected chi connectivity index (χ0v) is 3.89. The minimum Gasteiger partial charge on any atom is -0.300 e. The van der Waals surface area contributed by atoms with E-state index < -0.39 is 39.0 Å². The summed E-state index contributed by atoms with van der Waals surface area (Å²) in [6, 6.07) is 0. The van der Waals surface area contributed by atoms with Gasteiger partial charge in [-0.2, -0.15) is 0 Å². The molecule has 0 N–H and O–H groups in total. The molecule has 0 atom stereocenters. The second-order valence-corrected chi connectivity index (χ2v) is 1.34. The Labute approximate surface area is 66.9 Å². The monoisotopic (exact) mass is 124 g/mol. The van der Waals surface area contributed by atoms with Crippen LogP contribution >= 0.6 is 0 Å². The maximum absolute atomic E-state index is 7.64. The van der Waals surface area contributed by atoms with Gasteiger partial charge in [0, 0.05) is 55.4 Å². The molecule has 8 heavy (non-hydrogen) atoms. The Morgan fingerprint density at radius 3 is 1.25 bits per heavy atom. The van der Waals surface area contributed by atoms with Crippen LogP contribution in [0.15, 0.2) is 0 Å². The minimum atomic E-state index is -3.27. The van der Waals surface area contributed by atoms with Crippen molar-refractivity contribution in [3.63, 3.8) is 0 Å². The van der Waals surface area contributed by atoms with E-state index in [1.54, 1.807) is 0 Å². The summed E-state index contributed by atoms with van der Waals surface area (Å²) in [5.74, 6) is 0. The summed E-state index contributed by atoms with van der Waals surface area (Å²) >= 11 is 0. The molecule has 0 saturated carbocycles. The molecule has 0 aromatic carbocycles. The topological polar surface area (TPSA) is 6.48 Å². The lowest BCUT2D eigenvalue weighted by molar-refractivity contribution is 0.0647. The molecule has 2 bridgehead atoms. The molecule has 0 aliphatic carbocycles. The second kappa shape index (κ2) is 1.71. The second-order valence-electron chi connectivity index (χ2n) is 1.34. The highest BCUT2D eigenvalue weighted by molar-refractivity contribution is 4.78. The number of fused-ring (bicyclic) bond motifs is 3. The maximum Gasteiger partial charge on any atom is 0.0444 e. The molecular formula is C6H12N2. The van der Waals surface area contributed by atoms with Crippen molar-refractivity contribution >= 4 is 0 Å². The van der Waals surface area contributed by atoms with Gasteiger partial charge in [0.05, 0.1) is 0 Å². The number of hydrogen-bond donors (Lipinski definition) is 0. The van der Waals surface area contributed by atoms with E-state index in [0.717, 1.165) is 0 Å². The van der Waals surface area contributed by atoms with Crippen LogP contribution < -0.4 is 0 Å². The molecule has 0 unspecified atom stereocenters. The average Bonchev–Trinajstić information content (AvgIpc) is 2.09. The average molecular weight is 124 g/mol. The van der Waals surface area contributed by atoms with Gasteiger partial charge in [0.15, 0.2) is 0 Å². The van der Waals surface area contributed by atoms with E-state index in [2.05, 4.69) is 0 Å². The summed E-state index contributed by atoms with van der Waals surface area (Å²) in [5, 5.41) is 0. The van der Waals surface area contributed by atoms with Crippen molar-refractivity contribution in [2.75, 3.05) is 39.0 Å². The predicted octanol–water partition coefficient (Wildman–Crippen LogP) is -0.382. The summed E-state index contributed by atoms with van der Waals surface area (Å²) < 4.78 is 91.7. The largest absolute Gasteiger partial charge is 0.300 e. The molecule has 2 heteroatoms. The van der Waals surface area contributed by atoms with Crippen LogP contribution in [-0.2, 0) is 0 Å². The van der Waals surface area contributed by atoms with Crippen LogP contribution in [0.25, 0.3) is 0 Å². The Morgan fingerprint density at radius 2 is 1.00 bits per heavy atom. The van der Waals surface area contributed by atoms with Gasteiger partial charge < -0.3 is 0 Å². The van der Waals surface area contributed by atoms with Crippen LogP contribution in [0.3, 0.4) is 0 Å². The van der Waals surface area contributed by atoms with E-state index in [1.807, 2.05) is 0 Å². The van der Waals surface area contributed by atoms with Crippen LogP contribution in [0.2, 0.25) is 0 Å². The highest BCUT2D eigenvalue weighted by Gasteiger charge is 2.21. The Bertz CT molecular complexity index is 346. The molecule has 3 saturated heterocycles. The molecule has 3 aliphatic heterocycles. The minimum absolute atomic E-state index is 0.312. The molecule has 3 heterocycles. The first-order valence-corrected chi connectivity index (χ1v) is 2.09. The van der Waals surface area contributed by atoms with Gasteiger partial charge in [-0.1, -0.05) is 0 Å². The zero-order chi connectivity index (χ0) is 16.2. The first-order chi connectivity index (χ1) is 8.48. The molecule has 3 aliphatic rings. The third-order valence-corrected chi connectivity index (χ3v) is 0.821. The van der Waals surface area contributed by atoms with Crippen LogP contribution in [-0.4, -0.2) is 48.8 Å². The van der Waals surface area contributed by atoms with Crippen molar-refractivity contribution in [2.45, 2.75) is 0 Å². The molecule has 0 radical (unpaired) electrons. The number of nitrogens with zero attached hydrogens (tertiary/aromatic N) is 2. The van der Waals surface area contributed by atoms with E-state index in [1.165, 1.54) is 0 Å². The van der Waals surface area contributed by atoms with Gasteiger partial charge in [-0.15, -0.1) is 0 Å². The van der Waals surface area contributed by atoms with E-state index >= 15 is 0 Å². The third kappa shape index (κ3) is 0.644. The quantitative estimate of drug-likeness (QED) is 0.434. The Kier molecular flexibility index (Phi) is 0.185. The molecule has 2 nitrogen and oxygen atoms in total. The summed E-state index contributed by atoms with van der Waals surface area (Å²) in [6.07, 6.45) is 0. The van der Waals surface area contributed by atoms with Crippen LogP contribution in [0.5, 0.6) is 0 Å². The Hall–Kier alpha value is -0.0800. The molecule has 0 amide bonds. The highest BCUT2D eigenvalue weighted by atomic mass is 15.3. The van der Waals surface area contributed by atoms with Gasteiger partial charge in [-0.3, -0.25) is 9.80 Å². The normalized spacial score (nSPS) is 105. The van der Waals surface area contributed by atoms with E-state index in [-0.39, 0.29) is 9.80 Å². The number of rotatable bonds is 0. The fourth-order valence-corrected chi connectivity index (χ4v) is 0.468. The molecule has 46 valence electrons. The highest BCUT2D eigenvalue weighted by Crippen LogP contribution is 2.06. The van der Waals surface area contributed by atoms with Gasteiger partial charge in [0.2, 0.25) is 0 Å². The maximum atomic E-state index is 7.64. The van der Waals surface area contributed by atoms with E-state index in [0.29, 0.717) is 0 Å². The SMILES string of the molecule is [2H]C1([2H])N2C([2H])([2H])C([2H])([2H])N(C1([2H])[2H])C([2H])([2H])C2([2H])[2H]. The van der Waals surface area contributed by atoms with Crippen LogP contribution in [0, 0.1) is 0 Å². The fourth-order valence-electron chi connectivity index (χ4n) is 0.468. The zero-order valence-electron chi connectivity index (χ0n) is 15.9. The third-order valence-electron chi connectivity index (χ3n) is 0.821. The summed E-state index contributed by atoms with van der Waals surface area (Å²) in [7, 11) is 0. The smallest absolute Gasteiger partial charge is 0.0444 e. The van der Waals surface area contributed by atoms with Crippen molar-refractivity contribution in [3.05, 3.63) is 0 Å². The lowest BCUT2D eigenvalue weighted by Crippen LogP contribution is -2.55. The molecule has 3 rings (SSSR count). The molecule has 0 spiro atoms. The van der Waals surface area contributed by atoms with Crippen molar-refractivity contribution < 1.29 is 16.4 Å². The Balaban J connectivity index is 2.87. The van der Waals surface area contributed by atoms with E-state index in [4.69, 9.17) is 16.4 Å². The van der Waals surface area contributed by atoms with Gasteiger partial charge in [-0.05, 0) is 0 Å². The number of hydrogen-bond acceptors (Lipinski definition) is 2. The fraction of sp³-hybridized carbons (Fsp3) is 1.00. The molecule has 0 aromatic rings. The summed E-state index contributed by atoms with van der Waals surface area (Å²) in [6.45, 7) is -19.6. The van der Waals surface area contributed by atoms with Crippen molar-refractivity contribution in [3.8, 4) is 0 Å². The summed E-state index contributed by atoms with van der Waals surface area (Å²) in [4.78, 5) is -0.625. The Morgan fingerprint density at radius 1 is 0.750 bits per heavy atom. The van der Waals surface area contributed by atoms with Gasteiger partial charge in [0.25, 0.3) is 0 Å². The molecule has 3 fully saturated rings. The molecule has 0 aromatic heterocycles. The van der Waals surface area contributed by atoms with Gasteiger partial charge in [-0.25, -0.2) is 0 Å². The van der Waals surface area contributed by atoms with E-state index in [9.17, 15) is 0 Å². The van der Waals surface area contributed by atoms with Crippen molar-refractivity contribution in [2.24, 2.45) is 0 Å². The van der Waals surface area contributed by atoms with Crippen molar-refractivity contribution in [1.29, 1.82) is 0 Å². The standard InChI is InChI=1S/C6H12N2/c1-2-8-5-3-7(1)4-6-8/h1-6H2/i1D2,2D2,3D2,4D2,5D2,6D2. The first kappa shape index (κ1) is 0.867. The van der Waals surface area contributed by atoms with Crippen LogP contribution in [0.1, 0.15) is 16.4 Å². The van der Waals surface area contributed by atoms with Crippen LogP contribution in [0.4, 0.5) is 0 Å². The lowest BCUT2D eigenvalue weighted by Gasteiger charge is -2.41. The molecular weight excluding hydrogens is 100 g/mol. The number of piperazine rings is 3. The van der Waals surface area contributed by atoms with Crippen molar-refractivity contribution in [1.82, 2.24) is 9.80 Å². The predicted molar refractivity (Wildman–Crippen MR) is 32.9 cm³/mol. The summed E-state index contributed by atoms with van der Waals surface area (Å²) in [5.41, 5.74) is 0. The van der Waals surface area contributed by atoms with Gasteiger partial charge in [0.1, 0.15) is 0 Å².